The molecule has 3 aromatic heterocycles. The van der Waals surface area contributed by atoms with Crippen LogP contribution in [0.25, 0.3) is 22.4 Å². The molecule has 1 saturated heterocycles. The van der Waals surface area contributed by atoms with E-state index in [1.54, 1.807) is 30.7 Å². The highest BCUT2D eigenvalue weighted by Crippen LogP contribution is 2.38. The highest BCUT2D eigenvalue weighted by molar-refractivity contribution is 6.37. The highest BCUT2D eigenvalue weighted by atomic mass is 35.5. The van der Waals surface area contributed by atoms with E-state index in [2.05, 4.69) is 30.6 Å². The van der Waals surface area contributed by atoms with Crippen LogP contribution in [0.4, 0.5) is 17.2 Å². The molecular weight excluding hydrogens is 514 g/mol. The molecule has 2 aromatic carbocycles. The van der Waals surface area contributed by atoms with Gasteiger partial charge in [0.1, 0.15) is 29.6 Å². The zero-order valence-corrected chi connectivity index (χ0v) is 22.0. The summed E-state index contributed by atoms with van der Waals surface area (Å²) in [6.45, 7) is 2.66. The van der Waals surface area contributed by atoms with Gasteiger partial charge in [0.05, 0.1) is 22.7 Å². The predicted octanol–water partition coefficient (Wildman–Crippen LogP) is 6.55. The van der Waals surface area contributed by atoms with Crippen molar-refractivity contribution in [3.63, 3.8) is 0 Å². The van der Waals surface area contributed by atoms with Crippen LogP contribution >= 0.6 is 11.6 Å². The summed E-state index contributed by atoms with van der Waals surface area (Å²) >= 11 is 6.82. The molecule has 0 spiro atoms. The largest absolute Gasteiger partial charge is 0.358 e. The lowest BCUT2D eigenvalue weighted by atomic mass is 10.1. The van der Waals surface area contributed by atoms with E-state index in [9.17, 15) is 4.79 Å². The van der Waals surface area contributed by atoms with Crippen LogP contribution in [0.3, 0.4) is 0 Å². The summed E-state index contributed by atoms with van der Waals surface area (Å²) in [6.07, 6.45) is 7.99. The van der Waals surface area contributed by atoms with Crippen molar-refractivity contribution in [2.45, 2.75) is 32.4 Å². The molecule has 196 valence electrons. The number of fused-ring (bicyclic) bond motifs is 1. The standard InChI is InChI=1S/C29H26ClN7O2/c1-18-12-13-21(35-29(38)19-8-3-2-4-9-19)23(30)24(18)36-27-20(10-7-14-31-27)25-26-28(33-16-32-25)37(17-34-26)22-11-5-6-15-39-22/h2-4,7-10,12-14,16-17,22H,5-6,11,15H2,1H3,(H,31,36)(H,35,38). The first-order valence-electron chi connectivity index (χ1n) is 12.8. The number of carbonyl (C=O) groups is 1. The molecule has 1 aliphatic rings. The Labute approximate surface area is 230 Å². The Morgan fingerprint density at radius 2 is 1.90 bits per heavy atom. The van der Waals surface area contributed by atoms with Gasteiger partial charge in [-0.2, -0.15) is 0 Å². The highest BCUT2D eigenvalue weighted by Gasteiger charge is 2.22. The predicted molar refractivity (Wildman–Crippen MR) is 151 cm³/mol. The van der Waals surface area contributed by atoms with Crippen molar-refractivity contribution in [3.05, 3.63) is 89.6 Å². The second-order valence-electron chi connectivity index (χ2n) is 9.33. The van der Waals surface area contributed by atoms with Gasteiger partial charge in [0.2, 0.25) is 0 Å². The average molecular weight is 540 g/mol. The van der Waals surface area contributed by atoms with Gasteiger partial charge in [-0.25, -0.2) is 19.9 Å². The number of aromatic nitrogens is 5. The van der Waals surface area contributed by atoms with E-state index in [1.807, 2.05) is 47.9 Å². The van der Waals surface area contributed by atoms with E-state index < -0.39 is 0 Å². The second kappa shape index (κ2) is 10.8. The molecule has 1 aliphatic heterocycles. The Morgan fingerprint density at radius 1 is 1.03 bits per heavy atom. The molecule has 6 rings (SSSR count). The van der Waals surface area contributed by atoms with Gasteiger partial charge >= 0.3 is 0 Å². The van der Waals surface area contributed by atoms with Gasteiger partial charge in [-0.3, -0.25) is 9.36 Å². The monoisotopic (exact) mass is 539 g/mol. The van der Waals surface area contributed by atoms with Crippen LogP contribution in [0.2, 0.25) is 5.02 Å². The topological polar surface area (TPSA) is 107 Å². The first-order chi connectivity index (χ1) is 19.1. The molecule has 0 radical (unpaired) electrons. The number of hydrogen-bond acceptors (Lipinski definition) is 7. The van der Waals surface area contributed by atoms with Gasteiger partial charge in [-0.1, -0.05) is 35.9 Å². The van der Waals surface area contributed by atoms with Crippen LogP contribution in [-0.2, 0) is 4.74 Å². The van der Waals surface area contributed by atoms with Gasteiger partial charge < -0.3 is 15.4 Å². The zero-order chi connectivity index (χ0) is 26.8. The van der Waals surface area contributed by atoms with E-state index in [0.29, 0.717) is 44.6 Å². The van der Waals surface area contributed by atoms with E-state index in [4.69, 9.17) is 16.3 Å². The van der Waals surface area contributed by atoms with Gasteiger partial charge in [-0.05, 0) is 62.1 Å². The van der Waals surface area contributed by atoms with Crippen molar-refractivity contribution in [2.75, 3.05) is 17.2 Å². The van der Waals surface area contributed by atoms with Gasteiger partial charge in [-0.15, -0.1) is 0 Å². The number of carbonyl (C=O) groups excluding carboxylic acids is 1. The molecule has 2 N–H and O–H groups in total. The van der Waals surface area contributed by atoms with Crippen molar-refractivity contribution in [2.24, 2.45) is 0 Å². The van der Waals surface area contributed by atoms with Gasteiger partial charge in [0.15, 0.2) is 5.65 Å². The number of amides is 1. The lowest BCUT2D eigenvalue weighted by molar-refractivity contribution is -0.0298. The van der Waals surface area contributed by atoms with Crippen molar-refractivity contribution in [1.82, 2.24) is 24.5 Å². The Morgan fingerprint density at radius 3 is 2.72 bits per heavy atom. The molecule has 39 heavy (non-hydrogen) atoms. The van der Waals surface area contributed by atoms with Crippen LogP contribution in [0, 0.1) is 6.92 Å². The Kier molecular flexibility index (Phi) is 6.91. The number of pyridine rings is 1. The number of hydrogen-bond donors (Lipinski definition) is 2. The number of nitrogens with zero attached hydrogens (tertiary/aromatic N) is 5. The molecule has 5 aromatic rings. The summed E-state index contributed by atoms with van der Waals surface area (Å²) in [5, 5.41) is 6.67. The van der Waals surface area contributed by atoms with Crippen LogP contribution < -0.4 is 10.6 Å². The van der Waals surface area contributed by atoms with Crippen molar-refractivity contribution >= 4 is 45.9 Å². The Hall–Kier alpha value is -4.34. The Bertz CT molecular complexity index is 1650. The fourth-order valence-electron chi connectivity index (χ4n) is 4.72. The SMILES string of the molecule is Cc1ccc(NC(=O)c2ccccc2)c(Cl)c1Nc1ncccc1-c1ncnc2c1ncn2C1CCCCO1. The summed E-state index contributed by atoms with van der Waals surface area (Å²) < 4.78 is 7.94. The third-order valence-corrected chi connectivity index (χ3v) is 7.16. The minimum atomic E-state index is -0.244. The maximum atomic E-state index is 12.8. The lowest BCUT2D eigenvalue weighted by Crippen LogP contribution is -2.17. The van der Waals surface area contributed by atoms with Crippen molar-refractivity contribution in [3.8, 4) is 11.3 Å². The van der Waals surface area contributed by atoms with Crippen LogP contribution in [-0.4, -0.2) is 37.0 Å². The van der Waals surface area contributed by atoms with Crippen molar-refractivity contribution < 1.29 is 9.53 Å². The number of aryl methyl sites for hydroxylation is 1. The lowest BCUT2D eigenvalue weighted by Gasteiger charge is -2.23. The second-order valence-corrected chi connectivity index (χ2v) is 9.71. The molecule has 1 fully saturated rings. The molecular formula is C29H26ClN7O2. The summed E-state index contributed by atoms with van der Waals surface area (Å²) in [7, 11) is 0. The van der Waals surface area contributed by atoms with E-state index in [-0.39, 0.29) is 12.1 Å². The molecule has 0 aliphatic carbocycles. The first kappa shape index (κ1) is 25.0. The summed E-state index contributed by atoms with van der Waals surface area (Å²) in [6, 6.07) is 16.5. The third-order valence-electron chi connectivity index (χ3n) is 6.77. The maximum absolute atomic E-state index is 12.8. The van der Waals surface area contributed by atoms with Gasteiger partial charge in [0, 0.05) is 23.9 Å². The number of ether oxygens (including phenoxy) is 1. The first-order valence-corrected chi connectivity index (χ1v) is 13.1. The van der Waals surface area contributed by atoms with Crippen LogP contribution in [0.1, 0.15) is 41.4 Å². The molecule has 1 atom stereocenters. The summed E-state index contributed by atoms with van der Waals surface area (Å²) in [5.74, 6) is 0.309. The van der Waals surface area contributed by atoms with Gasteiger partial charge in [0.25, 0.3) is 5.91 Å². The molecule has 0 saturated carbocycles. The molecule has 0 bridgehead atoms. The molecule has 1 amide bonds. The molecule has 10 heteroatoms. The normalized spacial score (nSPS) is 15.3. The van der Waals surface area contributed by atoms with Crippen molar-refractivity contribution in [1.29, 1.82) is 0 Å². The number of imidazole rings is 1. The number of rotatable bonds is 6. The minimum absolute atomic E-state index is 0.0895. The smallest absolute Gasteiger partial charge is 0.255 e. The number of halogens is 1. The zero-order valence-electron chi connectivity index (χ0n) is 21.3. The number of benzene rings is 2. The van der Waals surface area contributed by atoms with E-state index >= 15 is 0 Å². The third kappa shape index (κ3) is 4.94. The quantitative estimate of drug-likeness (QED) is 0.252. The summed E-state index contributed by atoms with van der Waals surface area (Å²) in [5.41, 5.74) is 5.32. The number of nitrogens with one attached hydrogen (secondary N) is 2. The molecule has 1 unspecified atom stereocenters. The maximum Gasteiger partial charge on any atom is 0.255 e. The van der Waals surface area contributed by atoms with Crippen LogP contribution in [0.15, 0.2) is 73.4 Å². The fourth-order valence-corrected chi connectivity index (χ4v) is 5.03. The fraction of sp³-hybridized carbons (Fsp3) is 0.207. The molecule has 9 nitrogen and oxygen atoms in total. The Balaban J connectivity index is 1.35. The van der Waals surface area contributed by atoms with Crippen LogP contribution in [0.5, 0.6) is 0 Å². The average Bonchev–Trinajstić information content (AvgIpc) is 3.42. The molecule has 4 heterocycles. The number of anilines is 3. The van der Waals surface area contributed by atoms with E-state index in [0.717, 1.165) is 37.0 Å². The van der Waals surface area contributed by atoms with E-state index in [1.165, 1.54) is 6.33 Å². The summed E-state index contributed by atoms with van der Waals surface area (Å²) in [4.78, 5) is 31.1. The minimum Gasteiger partial charge on any atom is -0.358 e.